The van der Waals surface area contributed by atoms with Crippen LogP contribution in [0.3, 0.4) is 0 Å². The van der Waals surface area contributed by atoms with E-state index in [4.69, 9.17) is 37.9 Å². The van der Waals surface area contributed by atoms with Crippen LogP contribution in [-0.4, -0.2) is 101 Å². The highest BCUT2D eigenvalue weighted by Crippen LogP contribution is 2.39. The number of hydrogen-bond donors (Lipinski definition) is 0. The van der Waals surface area contributed by atoms with E-state index >= 15 is 0 Å². The molecule has 16 nitrogen and oxygen atoms in total. The van der Waals surface area contributed by atoms with Crippen molar-refractivity contribution in [1.29, 1.82) is 0 Å². The van der Waals surface area contributed by atoms with Crippen molar-refractivity contribution in [3.63, 3.8) is 0 Å². The minimum Gasteiger partial charge on any atom is -0.465 e. The van der Waals surface area contributed by atoms with Crippen molar-refractivity contribution in [3.8, 4) is 0 Å². The van der Waals surface area contributed by atoms with Crippen molar-refractivity contribution in [3.05, 3.63) is 142 Å². The Morgan fingerprint density at radius 1 is 0.263 bits per heavy atom. The van der Waals surface area contributed by atoms with Crippen LogP contribution in [-0.2, 0) is 128 Å². The molecule has 0 spiro atoms. The van der Waals surface area contributed by atoms with E-state index in [0.29, 0.717) is 44.5 Å². The Labute approximate surface area is 445 Å². The highest BCUT2D eigenvalue weighted by Gasteiger charge is 2.53. The van der Waals surface area contributed by atoms with Gasteiger partial charge in [0.15, 0.2) is 21.7 Å². The van der Waals surface area contributed by atoms with Gasteiger partial charge in [0.2, 0.25) is 0 Å². The molecule has 0 N–H and O–H groups in total. The minimum absolute atomic E-state index is 0.0711. The third-order valence-electron chi connectivity index (χ3n) is 13.3. The van der Waals surface area contributed by atoms with Gasteiger partial charge in [-0.15, -0.1) is 0 Å². The Hall–Kier alpha value is -7.36. The van der Waals surface area contributed by atoms with Gasteiger partial charge >= 0.3 is 47.8 Å². The molecule has 4 aromatic carbocycles. The molecule has 0 aromatic heterocycles. The fourth-order valence-electron chi connectivity index (χ4n) is 10.1. The summed E-state index contributed by atoms with van der Waals surface area (Å²) in [6.45, 7) is 12.4. The molecule has 0 heterocycles. The van der Waals surface area contributed by atoms with Crippen LogP contribution in [0.1, 0.15) is 99.9 Å². The second-order valence-electron chi connectivity index (χ2n) is 18.8. The van der Waals surface area contributed by atoms with Crippen LogP contribution in [0, 0.1) is 21.7 Å². The fraction of sp³-hybridized carbons (Fsp3) is 0.467. The van der Waals surface area contributed by atoms with E-state index in [9.17, 15) is 38.4 Å². The number of ether oxygens (including phenoxy) is 8. The largest absolute Gasteiger partial charge is 0.465 e. The summed E-state index contributed by atoms with van der Waals surface area (Å²) >= 11 is 0. The number of hydrogen-bond acceptors (Lipinski definition) is 16. The van der Waals surface area contributed by atoms with Crippen LogP contribution in [0.25, 0.3) is 0 Å². The minimum atomic E-state index is -2.00. The van der Waals surface area contributed by atoms with Gasteiger partial charge in [-0.3, -0.25) is 38.4 Å². The Morgan fingerprint density at radius 2 is 0.382 bits per heavy atom. The van der Waals surface area contributed by atoms with E-state index < -0.39 is 69.4 Å². The predicted molar refractivity (Wildman–Crippen MR) is 278 cm³/mol. The summed E-state index contributed by atoms with van der Waals surface area (Å²) in [5, 5.41) is 0. The Bertz CT molecular complexity index is 2170. The topological polar surface area (TPSA) is 210 Å². The predicted octanol–water partition coefficient (Wildman–Crippen LogP) is 7.59. The van der Waals surface area contributed by atoms with Gasteiger partial charge in [-0.25, -0.2) is 0 Å². The maximum Gasteiger partial charge on any atom is 0.324 e. The summed E-state index contributed by atoms with van der Waals surface area (Å²) < 4.78 is 45.3. The van der Waals surface area contributed by atoms with Crippen LogP contribution >= 0.6 is 0 Å². The van der Waals surface area contributed by atoms with Crippen LogP contribution < -0.4 is 0 Å². The molecular weight excluding hydrogens is 977 g/mol. The van der Waals surface area contributed by atoms with Crippen molar-refractivity contribution in [1.82, 2.24) is 0 Å². The van der Waals surface area contributed by atoms with Gasteiger partial charge < -0.3 is 37.9 Å². The second-order valence-corrected chi connectivity index (χ2v) is 18.8. The van der Waals surface area contributed by atoms with Crippen LogP contribution in [0.4, 0.5) is 0 Å². The number of fused-ring (bicyclic) bond motifs is 8. The lowest BCUT2D eigenvalue weighted by Crippen LogP contribution is -2.47. The highest BCUT2D eigenvalue weighted by molar-refractivity contribution is 6.03. The summed E-state index contributed by atoms with van der Waals surface area (Å²) in [6, 6.07) is 27.2. The summed E-state index contributed by atoms with van der Waals surface area (Å²) in [6.07, 6.45) is -2.07. The molecule has 1 aliphatic rings. The first-order chi connectivity index (χ1) is 36.5. The lowest BCUT2D eigenvalue weighted by atomic mass is 9.72. The number of esters is 8. The lowest BCUT2D eigenvalue weighted by Gasteiger charge is -2.32. The first kappa shape index (κ1) is 59.5. The van der Waals surface area contributed by atoms with Crippen molar-refractivity contribution in [2.45, 2.75) is 107 Å². The molecule has 0 saturated heterocycles. The SMILES string of the molecule is CCOC(=O)C1(C(=O)OCC)Cc2cccc(c2)CC(C(=O)OCC)(C(=O)OCC)Cc2cccc(c2)CC(C(=O)OCC)(C(=O)OCC)Cc2cccc(c2)CC(C(=O)OCC)(C(=O)OCC)Cc2cccc(c2)C1. The molecule has 4 aromatic rings. The summed E-state index contributed by atoms with van der Waals surface area (Å²) in [5.41, 5.74) is -4.39. The number of rotatable bonds is 16. The maximum absolute atomic E-state index is 14.5. The molecule has 76 heavy (non-hydrogen) atoms. The van der Waals surface area contributed by atoms with E-state index in [-0.39, 0.29) is 104 Å². The molecule has 0 amide bonds. The molecule has 408 valence electrons. The standard InChI is InChI=1S/C60H72O16/c1-9-69-49(61)57(50(62)70-10-2)33-41-21-17-23-43(29-41)35-58(51(63)71-11-3,52(64)72-12-4)37-45-25-19-27-47(31-45)39-60(55(67)75-15-7,56(68)76-16-8)40-48-28-20-26-46(32-48)38-59(53(65)73-13-5,54(66)74-14-6)36-44-24-18-22-42(30-44)34-57/h17-32H,9-16,33-40H2,1-8H3. The molecule has 5 rings (SSSR count). The van der Waals surface area contributed by atoms with E-state index in [1.807, 2.05) is 0 Å². The van der Waals surface area contributed by atoms with Gasteiger partial charge in [0, 0.05) is 0 Å². The molecule has 0 atom stereocenters. The molecule has 0 aliphatic heterocycles. The first-order valence-corrected chi connectivity index (χ1v) is 26.2. The van der Waals surface area contributed by atoms with Gasteiger partial charge in [-0.1, -0.05) is 97.1 Å². The molecule has 1 aliphatic carbocycles. The zero-order valence-corrected chi connectivity index (χ0v) is 45.1. The summed E-state index contributed by atoms with van der Waals surface area (Å²) in [5.74, 6) is -6.89. The molecular formula is C60H72O16. The third kappa shape index (κ3) is 13.7. The zero-order chi connectivity index (χ0) is 55.5. The number of carbonyl (C=O) groups excluding carboxylic acids is 8. The van der Waals surface area contributed by atoms with Crippen molar-refractivity contribution < 1.29 is 76.3 Å². The Kier molecular flexibility index (Phi) is 21.5. The van der Waals surface area contributed by atoms with Gasteiger partial charge in [0.05, 0.1) is 52.9 Å². The van der Waals surface area contributed by atoms with E-state index in [0.717, 1.165) is 0 Å². The first-order valence-electron chi connectivity index (χ1n) is 26.2. The molecule has 0 fully saturated rings. The van der Waals surface area contributed by atoms with Gasteiger partial charge in [0.1, 0.15) is 0 Å². The second kappa shape index (κ2) is 27.4. The Balaban J connectivity index is 1.88. The van der Waals surface area contributed by atoms with Gasteiger partial charge in [0.25, 0.3) is 0 Å². The normalized spacial score (nSPS) is 15.7. The Morgan fingerprint density at radius 3 is 0.487 bits per heavy atom. The van der Waals surface area contributed by atoms with Crippen molar-refractivity contribution >= 4 is 47.8 Å². The van der Waals surface area contributed by atoms with Gasteiger partial charge in [-0.05, 0) is 151 Å². The zero-order valence-electron chi connectivity index (χ0n) is 45.1. The number of benzene rings is 4. The van der Waals surface area contributed by atoms with Crippen molar-refractivity contribution in [2.24, 2.45) is 21.7 Å². The van der Waals surface area contributed by atoms with E-state index in [2.05, 4.69) is 0 Å². The quantitative estimate of drug-likeness (QED) is 0.0601. The number of carbonyl (C=O) groups is 8. The smallest absolute Gasteiger partial charge is 0.324 e. The molecule has 0 unspecified atom stereocenters. The van der Waals surface area contributed by atoms with Crippen molar-refractivity contribution in [2.75, 3.05) is 52.9 Å². The average Bonchev–Trinajstić information content (AvgIpc) is 3.38. The monoisotopic (exact) mass is 1050 g/mol. The molecule has 16 heteroatoms. The highest BCUT2D eigenvalue weighted by atomic mass is 16.6. The molecule has 0 radical (unpaired) electrons. The van der Waals surface area contributed by atoms with Crippen LogP contribution in [0.15, 0.2) is 97.1 Å². The van der Waals surface area contributed by atoms with Crippen LogP contribution in [0.5, 0.6) is 0 Å². The third-order valence-corrected chi connectivity index (χ3v) is 13.3. The van der Waals surface area contributed by atoms with Gasteiger partial charge in [-0.2, -0.15) is 0 Å². The summed E-state index contributed by atoms with van der Waals surface area (Å²) in [7, 11) is 0. The van der Waals surface area contributed by atoms with E-state index in [1.54, 1.807) is 152 Å². The summed E-state index contributed by atoms with van der Waals surface area (Å²) in [4.78, 5) is 116. The lowest BCUT2D eigenvalue weighted by molar-refractivity contribution is -0.173. The van der Waals surface area contributed by atoms with Crippen LogP contribution in [0.2, 0.25) is 0 Å². The molecule has 0 saturated carbocycles. The fourth-order valence-corrected chi connectivity index (χ4v) is 10.1. The van der Waals surface area contributed by atoms with E-state index in [1.165, 1.54) is 0 Å². The molecule has 8 bridgehead atoms. The maximum atomic E-state index is 14.5. The average molecular weight is 1050 g/mol.